The Labute approximate surface area is 168 Å². The second-order valence-corrected chi connectivity index (χ2v) is 7.95. The zero-order chi connectivity index (χ0) is 19.8. The molecule has 1 aliphatic carbocycles. The number of esters is 1. The second-order valence-electron chi connectivity index (χ2n) is 7.95. The van der Waals surface area contributed by atoms with Gasteiger partial charge in [-0.05, 0) is 49.5 Å². The molecule has 1 heterocycles. The molecule has 0 saturated heterocycles. The van der Waals surface area contributed by atoms with Crippen molar-refractivity contribution in [3.8, 4) is 17.1 Å². The summed E-state index contributed by atoms with van der Waals surface area (Å²) < 4.78 is 5.27. The van der Waals surface area contributed by atoms with Crippen molar-refractivity contribution in [3.05, 3.63) is 42.2 Å². The van der Waals surface area contributed by atoms with E-state index in [-0.39, 0.29) is 5.97 Å². The highest BCUT2D eigenvalue weighted by molar-refractivity contribution is 5.72. The van der Waals surface area contributed by atoms with Crippen LogP contribution in [0.4, 0.5) is 0 Å². The smallest absolute Gasteiger partial charge is 0.311 e. The number of rotatable bonds is 8. The zero-order valence-corrected chi connectivity index (χ0v) is 17.2. The van der Waals surface area contributed by atoms with Gasteiger partial charge in [-0.15, -0.1) is 0 Å². The molecule has 0 radical (unpaired) electrons. The summed E-state index contributed by atoms with van der Waals surface area (Å²) in [5, 5.41) is 0. The average Bonchev–Trinajstić information content (AvgIpc) is 2.74. The first-order valence-corrected chi connectivity index (χ1v) is 10.8. The van der Waals surface area contributed by atoms with Crippen molar-refractivity contribution in [1.82, 2.24) is 9.97 Å². The van der Waals surface area contributed by atoms with Crippen LogP contribution in [0.5, 0.6) is 5.75 Å². The molecule has 0 unspecified atom stereocenters. The Hall–Kier alpha value is -2.23. The van der Waals surface area contributed by atoms with E-state index in [4.69, 9.17) is 4.74 Å². The highest BCUT2D eigenvalue weighted by Crippen LogP contribution is 2.37. The monoisotopic (exact) mass is 380 g/mol. The molecule has 1 aliphatic rings. The molecular formula is C24H32N2O2. The summed E-state index contributed by atoms with van der Waals surface area (Å²) in [5.74, 6) is 2.46. The zero-order valence-electron chi connectivity index (χ0n) is 17.2. The lowest BCUT2D eigenvalue weighted by Crippen LogP contribution is -2.13. The summed E-state index contributed by atoms with van der Waals surface area (Å²) in [6.45, 7) is 4.34. The molecule has 1 aromatic heterocycles. The fraction of sp³-hybridized carbons (Fsp3) is 0.542. The Bertz CT molecular complexity index is 732. The molecule has 28 heavy (non-hydrogen) atoms. The lowest BCUT2D eigenvalue weighted by Gasteiger charge is -2.28. The fourth-order valence-electron chi connectivity index (χ4n) is 4.12. The summed E-state index contributed by atoms with van der Waals surface area (Å²) in [7, 11) is 0. The van der Waals surface area contributed by atoms with Crippen LogP contribution in [0.3, 0.4) is 0 Å². The molecule has 1 saturated carbocycles. The van der Waals surface area contributed by atoms with E-state index in [2.05, 4.69) is 41.2 Å². The van der Waals surface area contributed by atoms with E-state index in [1.807, 2.05) is 6.92 Å². The Balaban J connectivity index is 1.57. The van der Waals surface area contributed by atoms with Crippen molar-refractivity contribution in [3.63, 3.8) is 0 Å². The predicted molar refractivity (Wildman–Crippen MR) is 112 cm³/mol. The summed E-state index contributed by atoms with van der Waals surface area (Å²) >= 11 is 0. The minimum Gasteiger partial charge on any atom is -0.423 e. The number of carbonyl (C=O) groups excluding carboxylic acids is 1. The normalized spacial score (nSPS) is 19.4. The average molecular weight is 381 g/mol. The van der Waals surface area contributed by atoms with Gasteiger partial charge in [0, 0.05) is 12.0 Å². The van der Waals surface area contributed by atoms with E-state index < -0.39 is 0 Å². The summed E-state index contributed by atoms with van der Waals surface area (Å²) in [6, 6.07) is 8.66. The quantitative estimate of drug-likeness (QED) is 0.503. The lowest BCUT2D eigenvalue weighted by atomic mass is 9.77. The molecule has 0 amide bonds. The van der Waals surface area contributed by atoms with Gasteiger partial charge in [0.05, 0.1) is 12.4 Å². The van der Waals surface area contributed by atoms with Crippen molar-refractivity contribution in [2.75, 3.05) is 0 Å². The maximum atomic E-state index is 11.7. The highest BCUT2D eigenvalue weighted by Gasteiger charge is 2.21. The third kappa shape index (κ3) is 5.63. The number of unbranched alkanes of at least 4 members (excludes halogenated alkanes) is 1. The Morgan fingerprint density at radius 2 is 1.68 bits per heavy atom. The number of hydrogen-bond acceptors (Lipinski definition) is 4. The largest absolute Gasteiger partial charge is 0.423 e. The van der Waals surface area contributed by atoms with Gasteiger partial charge in [-0.1, -0.05) is 57.4 Å². The van der Waals surface area contributed by atoms with Gasteiger partial charge in [0.2, 0.25) is 0 Å². The molecule has 3 rings (SSSR count). The summed E-state index contributed by atoms with van der Waals surface area (Å²) in [4.78, 5) is 20.4. The number of carbonyl (C=O) groups is 1. The molecular weight excluding hydrogens is 348 g/mol. The van der Waals surface area contributed by atoms with Gasteiger partial charge < -0.3 is 4.74 Å². The molecule has 0 N–H and O–H groups in total. The summed E-state index contributed by atoms with van der Waals surface area (Å²) in [5.41, 5.74) is 2.42. The van der Waals surface area contributed by atoms with Gasteiger partial charge in [0.15, 0.2) is 11.6 Å². The van der Waals surface area contributed by atoms with Crippen LogP contribution < -0.4 is 4.74 Å². The molecule has 0 aliphatic heterocycles. The van der Waals surface area contributed by atoms with Crippen LogP contribution in [0, 0.1) is 5.92 Å². The van der Waals surface area contributed by atoms with E-state index >= 15 is 0 Å². The maximum absolute atomic E-state index is 11.7. The first-order chi connectivity index (χ1) is 13.7. The van der Waals surface area contributed by atoms with Gasteiger partial charge >= 0.3 is 5.97 Å². The van der Waals surface area contributed by atoms with Crippen LogP contribution in [-0.4, -0.2) is 15.9 Å². The molecule has 4 heteroatoms. The van der Waals surface area contributed by atoms with Gasteiger partial charge in [0.1, 0.15) is 0 Å². The topological polar surface area (TPSA) is 52.1 Å². The van der Waals surface area contributed by atoms with Crippen molar-refractivity contribution >= 4 is 5.97 Å². The first-order valence-electron chi connectivity index (χ1n) is 10.8. The molecule has 2 aromatic rings. The van der Waals surface area contributed by atoms with E-state index in [0.717, 1.165) is 24.3 Å². The van der Waals surface area contributed by atoms with Gasteiger partial charge in [0.25, 0.3) is 0 Å². The number of ether oxygens (including phenoxy) is 1. The fourth-order valence-corrected chi connectivity index (χ4v) is 4.12. The number of benzene rings is 1. The van der Waals surface area contributed by atoms with Crippen LogP contribution in [0.1, 0.15) is 83.1 Å². The van der Waals surface area contributed by atoms with Gasteiger partial charge in [-0.3, -0.25) is 4.79 Å². The Kier molecular flexibility index (Phi) is 7.58. The van der Waals surface area contributed by atoms with Crippen LogP contribution in [-0.2, 0) is 4.79 Å². The lowest BCUT2D eigenvalue weighted by molar-refractivity contribution is -0.134. The highest BCUT2D eigenvalue weighted by atomic mass is 16.5. The molecule has 0 bridgehead atoms. The second kappa shape index (κ2) is 10.4. The first kappa shape index (κ1) is 20.5. The third-order valence-corrected chi connectivity index (χ3v) is 5.78. The van der Waals surface area contributed by atoms with Crippen molar-refractivity contribution in [1.29, 1.82) is 0 Å². The Morgan fingerprint density at radius 1 is 1.00 bits per heavy atom. The molecule has 1 aromatic carbocycles. The van der Waals surface area contributed by atoms with Gasteiger partial charge in [-0.25, -0.2) is 9.97 Å². The summed E-state index contributed by atoms with van der Waals surface area (Å²) in [6.07, 6.45) is 13.4. The molecule has 1 fully saturated rings. The Morgan fingerprint density at radius 3 is 2.29 bits per heavy atom. The molecule has 150 valence electrons. The number of hydrogen-bond donors (Lipinski definition) is 0. The van der Waals surface area contributed by atoms with E-state index in [0.29, 0.717) is 23.9 Å². The molecule has 0 atom stereocenters. The van der Waals surface area contributed by atoms with Crippen LogP contribution in [0.25, 0.3) is 11.4 Å². The predicted octanol–water partition coefficient (Wildman–Crippen LogP) is 6.31. The van der Waals surface area contributed by atoms with E-state index in [1.165, 1.54) is 44.1 Å². The van der Waals surface area contributed by atoms with E-state index in [9.17, 15) is 4.79 Å². The van der Waals surface area contributed by atoms with Gasteiger partial charge in [-0.2, -0.15) is 0 Å². The molecule has 4 nitrogen and oxygen atoms in total. The van der Waals surface area contributed by atoms with Crippen LogP contribution >= 0.6 is 0 Å². The maximum Gasteiger partial charge on any atom is 0.311 e. The third-order valence-electron chi connectivity index (χ3n) is 5.78. The van der Waals surface area contributed by atoms with E-state index in [1.54, 1.807) is 12.4 Å². The van der Waals surface area contributed by atoms with Crippen molar-refractivity contribution in [2.45, 2.75) is 77.6 Å². The van der Waals surface area contributed by atoms with Crippen LogP contribution in [0.2, 0.25) is 0 Å². The minimum absolute atomic E-state index is 0.226. The minimum atomic E-state index is -0.226. The van der Waals surface area contributed by atoms with Crippen molar-refractivity contribution in [2.24, 2.45) is 5.92 Å². The van der Waals surface area contributed by atoms with Crippen molar-refractivity contribution < 1.29 is 9.53 Å². The molecule has 0 spiro atoms. The standard InChI is InChI=1S/C24H32N2O2/c1-3-5-7-23(27)28-22-16-25-24(26-17-22)21-14-12-20(13-15-21)19-10-8-18(6-4-2)9-11-19/h12-19H,3-11H2,1-2H3. The SMILES string of the molecule is CCCCC(=O)Oc1cnc(-c2ccc(C3CCC(CCC)CC3)cc2)nc1. The number of aromatic nitrogens is 2. The number of nitrogens with zero attached hydrogens (tertiary/aromatic N) is 2. The van der Waals surface area contributed by atoms with Crippen LogP contribution in [0.15, 0.2) is 36.7 Å².